The largest absolute Gasteiger partial charge is 0.492 e. The minimum absolute atomic E-state index is 0.0747. The third-order valence-electron chi connectivity index (χ3n) is 5.40. The van der Waals surface area contributed by atoms with Crippen LogP contribution < -0.4 is 9.64 Å². The van der Waals surface area contributed by atoms with Crippen LogP contribution in [0.1, 0.15) is 20.8 Å². The van der Waals surface area contributed by atoms with E-state index in [2.05, 4.69) is 26.0 Å². The molecule has 0 radical (unpaired) electrons. The highest BCUT2D eigenvalue weighted by Crippen LogP contribution is 2.57. The van der Waals surface area contributed by atoms with E-state index < -0.39 is 0 Å². The number of carbonyl (C=O) groups is 2. The lowest BCUT2D eigenvalue weighted by Crippen LogP contribution is -2.33. The van der Waals surface area contributed by atoms with Gasteiger partial charge in [-0.25, -0.2) is 4.90 Å². The van der Waals surface area contributed by atoms with Crippen LogP contribution in [0, 0.1) is 23.7 Å². The summed E-state index contributed by atoms with van der Waals surface area (Å²) in [5, 5.41) is 0. The van der Waals surface area contributed by atoms with Gasteiger partial charge in [0.25, 0.3) is 0 Å². The molecule has 1 saturated carbocycles. The molecule has 0 unspecified atom stereocenters. The molecule has 2 aliphatic carbocycles. The summed E-state index contributed by atoms with van der Waals surface area (Å²) < 4.78 is 5.63. The van der Waals surface area contributed by atoms with Crippen LogP contribution in [0.4, 0.5) is 5.69 Å². The Morgan fingerprint density at radius 2 is 1.62 bits per heavy atom. The van der Waals surface area contributed by atoms with Crippen molar-refractivity contribution in [2.24, 2.45) is 23.7 Å². The second-order valence-electron chi connectivity index (χ2n) is 6.86. The topological polar surface area (TPSA) is 46.6 Å². The summed E-state index contributed by atoms with van der Waals surface area (Å²) in [7, 11) is 0. The van der Waals surface area contributed by atoms with Crippen molar-refractivity contribution in [3.8, 4) is 5.75 Å². The molecule has 1 aromatic carbocycles. The summed E-state index contributed by atoms with van der Waals surface area (Å²) in [6.07, 6.45) is 4.22. The second kappa shape index (κ2) is 5.33. The number of nitrogens with zero attached hydrogens (tertiary/aromatic N) is 1. The van der Waals surface area contributed by atoms with Crippen molar-refractivity contribution in [3.63, 3.8) is 0 Å². The standard InChI is InChI=1S/C20H21NO3/c1-4-24-15-8-6-5-7-14(15)21-19(22)17-12-9-10-13(16(12)11(2)3)18(17)20(21)23/h5-10,12-13,17-18H,4H2,1-3H3/t12-,13-,17-,18-/m0/s1. The van der Waals surface area contributed by atoms with Gasteiger partial charge in [0.1, 0.15) is 5.75 Å². The van der Waals surface area contributed by atoms with E-state index in [0.29, 0.717) is 18.0 Å². The minimum atomic E-state index is -0.257. The van der Waals surface area contributed by atoms with Crippen molar-refractivity contribution >= 4 is 17.5 Å². The number of hydrogen-bond donors (Lipinski definition) is 0. The molecule has 1 aliphatic heterocycles. The van der Waals surface area contributed by atoms with Crippen LogP contribution in [0.5, 0.6) is 5.75 Å². The Kier molecular flexibility index (Phi) is 3.37. The molecular weight excluding hydrogens is 302 g/mol. The van der Waals surface area contributed by atoms with Gasteiger partial charge in [0, 0.05) is 11.8 Å². The fraction of sp³-hybridized carbons (Fsp3) is 0.400. The molecule has 1 heterocycles. The molecule has 0 spiro atoms. The molecule has 4 rings (SSSR count). The number of imide groups is 1. The van der Waals surface area contributed by atoms with Gasteiger partial charge in [0.2, 0.25) is 11.8 Å². The van der Waals surface area contributed by atoms with Gasteiger partial charge in [-0.2, -0.15) is 0 Å². The Bertz CT molecular complexity index is 754. The van der Waals surface area contributed by atoms with Crippen molar-refractivity contribution in [1.82, 2.24) is 0 Å². The zero-order valence-corrected chi connectivity index (χ0v) is 14.2. The fourth-order valence-corrected chi connectivity index (χ4v) is 4.59. The Labute approximate surface area is 141 Å². The van der Waals surface area contributed by atoms with Crippen LogP contribution in [0.2, 0.25) is 0 Å². The molecule has 24 heavy (non-hydrogen) atoms. The Balaban J connectivity index is 1.76. The van der Waals surface area contributed by atoms with Crippen molar-refractivity contribution in [1.29, 1.82) is 0 Å². The zero-order valence-electron chi connectivity index (χ0n) is 14.2. The molecule has 0 aromatic heterocycles. The van der Waals surface area contributed by atoms with Crippen molar-refractivity contribution in [2.45, 2.75) is 20.8 Å². The number of benzene rings is 1. The van der Waals surface area contributed by atoms with Crippen LogP contribution in [0.25, 0.3) is 0 Å². The highest BCUT2D eigenvalue weighted by molar-refractivity contribution is 6.23. The molecule has 2 amide bonds. The van der Waals surface area contributed by atoms with Gasteiger partial charge in [-0.3, -0.25) is 9.59 Å². The third-order valence-corrected chi connectivity index (χ3v) is 5.40. The van der Waals surface area contributed by atoms with Gasteiger partial charge >= 0.3 is 0 Å². The van der Waals surface area contributed by atoms with Gasteiger partial charge < -0.3 is 4.74 Å². The van der Waals surface area contributed by atoms with Crippen molar-refractivity contribution in [2.75, 3.05) is 11.5 Å². The number of fused-ring (bicyclic) bond motifs is 5. The molecule has 1 saturated heterocycles. The van der Waals surface area contributed by atoms with Gasteiger partial charge in [-0.15, -0.1) is 0 Å². The van der Waals surface area contributed by atoms with E-state index >= 15 is 0 Å². The molecule has 2 bridgehead atoms. The number of rotatable bonds is 3. The summed E-state index contributed by atoms with van der Waals surface area (Å²) in [5.41, 5.74) is 3.07. The molecule has 4 atom stereocenters. The number of hydrogen-bond acceptors (Lipinski definition) is 3. The van der Waals surface area contributed by atoms with Gasteiger partial charge in [0.15, 0.2) is 0 Å². The predicted molar refractivity (Wildman–Crippen MR) is 91.6 cm³/mol. The normalized spacial score (nSPS) is 30.3. The first-order chi connectivity index (χ1) is 11.6. The molecule has 4 nitrogen and oxygen atoms in total. The van der Waals surface area contributed by atoms with Gasteiger partial charge in [-0.05, 0) is 32.9 Å². The molecule has 124 valence electrons. The summed E-state index contributed by atoms with van der Waals surface area (Å²) in [6, 6.07) is 7.29. The Morgan fingerprint density at radius 1 is 1.04 bits per heavy atom. The number of allylic oxidation sites excluding steroid dienone is 4. The minimum Gasteiger partial charge on any atom is -0.492 e. The zero-order chi connectivity index (χ0) is 17.0. The average Bonchev–Trinajstić information content (AvgIpc) is 3.19. The summed E-state index contributed by atoms with van der Waals surface area (Å²) in [6.45, 7) is 6.53. The molecule has 0 N–H and O–H groups in total. The van der Waals surface area contributed by atoms with Crippen LogP contribution in [-0.2, 0) is 9.59 Å². The summed E-state index contributed by atoms with van der Waals surface area (Å²) >= 11 is 0. The first-order valence-electron chi connectivity index (χ1n) is 8.51. The van der Waals surface area contributed by atoms with E-state index in [9.17, 15) is 9.59 Å². The van der Waals surface area contributed by atoms with E-state index in [-0.39, 0.29) is 35.5 Å². The average molecular weight is 323 g/mol. The maximum absolute atomic E-state index is 13.1. The van der Waals surface area contributed by atoms with E-state index in [4.69, 9.17) is 4.74 Å². The van der Waals surface area contributed by atoms with Crippen LogP contribution in [-0.4, -0.2) is 18.4 Å². The summed E-state index contributed by atoms with van der Waals surface area (Å²) in [5.74, 6) is 0.0421. The lowest BCUT2D eigenvalue weighted by Gasteiger charge is -2.21. The van der Waals surface area contributed by atoms with E-state index in [1.807, 2.05) is 25.1 Å². The highest BCUT2D eigenvalue weighted by atomic mass is 16.5. The van der Waals surface area contributed by atoms with E-state index in [1.54, 1.807) is 6.07 Å². The van der Waals surface area contributed by atoms with Crippen LogP contribution in [0.3, 0.4) is 0 Å². The molecule has 4 heteroatoms. The number of ether oxygens (including phenoxy) is 1. The molecular formula is C20H21NO3. The smallest absolute Gasteiger partial charge is 0.238 e. The predicted octanol–water partition coefficient (Wildman–Crippen LogP) is 3.34. The molecule has 2 fully saturated rings. The maximum Gasteiger partial charge on any atom is 0.238 e. The number of para-hydroxylation sites is 2. The lowest BCUT2D eigenvalue weighted by atomic mass is 9.85. The quantitative estimate of drug-likeness (QED) is 0.633. The SMILES string of the molecule is CCOc1ccccc1N1C(=O)[C@@H]2[C@@H](C1=O)[C@H]1C=C[C@H]2C1=C(C)C. The Hall–Kier alpha value is -2.36. The van der Waals surface area contributed by atoms with Crippen molar-refractivity contribution < 1.29 is 14.3 Å². The number of amides is 2. The van der Waals surface area contributed by atoms with Crippen LogP contribution >= 0.6 is 0 Å². The number of carbonyl (C=O) groups excluding carboxylic acids is 2. The van der Waals surface area contributed by atoms with Crippen LogP contribution in [0.15, 0.2) is 47.6 Å². The first kappa shape index (κ1) is 15.2. The fourth-order valence-electron chi connectivity index (χ4n) is 4.59. The summed E-state index contributed by atoms with van der Waals surface area (Å²) in [4.78, 5) is 27.6. The Morgan fingerprint density at radius 3 is 2.17 bits per heavy atom. The molecule has 1 aromatic rings. The number of anilines is 1. The van der Waals surface area contributed by atoms with Gasteiger partial charge in [0.05, 0.1) is 24.1 Å². The van der Waals surface area contributed by atoms with E-state index in [1.165, 1.54) is 16.0 Å². The lowest BCUT2D eigenvalue weighted by molar-refractivity contribution is -0.123. The highest BCUT2D eigenvalue weighted by Gasteiger charge is 2.62. The molecule has 3 aliphatic rings. The monoisotopic (exact) mass is 323 g/mol. The third kappa shape index (κ3) is 1.86. The first-order valence-corrected chi connectivity index (χ1v) is 8.51. The van der Waals surface area contributed by atoms with E-state index in [0.717, 1.165) is 0 Å². The maximum atomic E-state index is 13.1. The second-order valence-corrected chi connectivity index (χ2v) is 6.86. The van der Waals surface area contributed by atoms with Crippen molar-refractivity contribution in [3.05, 3.63) is 47.6 Å². The van der Waals surface area contributed by atoms with Gasteiger partial charge in [-0.1, -0.05) is 35.4 Å².